The van der Waals surface area contributed by atoms with E-state index in [0.29, 0.717) is 17.5 Å². The third-order valence-electron chi connectivity index (χ3n) is 8.51. The number of hydrogen-bond donors (Lipinski definition) is 0. The van der Waals surface area contributed by atoms with E-state index in [-0.39, 0.29) is 0 Å². The average Bonchev–Trinajstić information content (AvgIpc) is 3.47. The molecule has 4 nitrogen and oxygen atoms in total. The molecule has 0 saturated heterocycles. The molecular formula is C41H25N3O. The van der Waals surface area contributed by atoms with Crippen molar-refractivity contribution in [1.82, 2.24) is 15.0 Å². The summed E-state index contributed by atoms with van der Waals surface area (Å²) >= 11 is 0. The summed E-state index contributed by atoms with van der Waals surface area (Å²) in [5, 5.41) is 6.70. The van der Waals surface area contributed by atoms with Crippen LogP contribution in [-0.2, 0) is 0 Å². The van der Waals surface area contributed by atoms with Crippen molar-refractivity contribution >= 4 is 43.5 Å². The van der Waals surface area contributed by atoms with Crippen LogP contribution in [0.1, 0.15) is 0 Å². The monoisotopic (exact) mass is 575 g/mol. The highest BCUT2D eigenvalue weighted by atomic mass is 16.3. The molecule has 0 N–H and O–H groups in total. The highest BCUT2D eigenvalue weighted by molar-refractivity contribution is 6.10. The van der Waals surface area contributed by atoms with Crippen LogP contribution in [0.25, 0.3) is 88.8 Å². The maximum Gasteiger partial charge on any atom is 0.164 e. The molecular weight excluding hydrogens is 550 g/mol. The molecule has 0 spiro atoms. The molecule has 2 aromatic heterocycles. The van der Waals surface area contributed by atoms with Crippen LogP contribution < -0.4 is 0 Å². The number of furan rings is 1. The van der Waals surface area contributed by atoms with Gasteiger partial charge in [0.1, 0.15) is 11.2 Å². The van der Waals surface area contributed by atoms with Crippen LogP contribution in [0.15, 0.2) is 156 Å². The van der Waals surface area contributed by atoms with E-state index >= 15 is 0 Å². The molecule has 4 heteroatoms. The number of hydrogen-bond acceptors (Lipinski definition) is 4. The molecule has 0 aliphatic carbocycles. The van der Waals surface area contributed by atoms with Gasteiger partial charge in [-0.25, -0.2) is 15.0 Å². The molecule has 0 aliphatic rings. The quantitative estimate of drug-likeness (QED) is 0.209. The summed E-state index contributed by atoms with van der Waals surface area (Å²) in [6.07, 6.45) is 0. The van der Waals surface area contributed by atoms with Crippen molar-refractivity contribution in [3.63, 3.8) is 0 Å². The zero-order chi connectivity index (χ0) is 29.7. The van der Waals surface area contributed by atoms with Crippen molar-refractivity contribution in [3.05, 3.63) is 152 Å². The molecule has 9 aromatic rings. The van der Waals surface area contributed by atoms with Gasteiger partial charge in [0, 0.05) is 27.5 Å². The van der Waals surface area contributed by atoms with Gasteiger partial charge in [0.25, 0.3) is 0 Å². The van der Waals surface area contributed by atoms with Crippen molar-refractivity contribution in [2.24, 2.45) is 0 Å². The molecule has 0 unspecified atom stereocenters. The van der Waals surface area contributed by atoms with E-state index in [1.807, 2.05) is 54.6 Å². The Morgan fingerprint density at radius 2 is 0.933 bits per heavy atom. The Morgan fingerprint density at radius 1 is 0.333 bits per heavy atom. The molecule has 0 atom stereocenters. The first-order chi connectivity index (χ1) is 22.3. The largest absolute Gasteiger partial charge is 0.456 e. The van der Waals surface area contributed by atoms with Crippen molar-refractivity contribution in [1.29, 1.82) is 0 Å². The zero-order valence-corrected chi connectivity index (χ0v) is 24.2. The first kappa shape index (κ1) is 25.4. The van der Waals surface area contributed by atoms with Crippen LogP contribution >= 0.6 is 0 Å². The highest BCUT2D eigenvalue weighted by Crippen LogP contribution is 2.37. The van der Waals surface area contributed by atoms with Gasteiger partial charge in [0.2, 0.25) is 0 Å². The van der Waals surface area contributed by atoms with Gasteiger partial charge in [-0.15, -0.1) is 0 Å². The molecule has 0 fully saturated rings. The SMILES string of the molecule is c1ccc(-c2nc(-c3ccc4cc5c(cc4c3)oc3ccccc35)nc(-c3ccc(-c4ccccc4)c4ccccc34)n2)cc1. The molecule has 9 rings (SSSR count). The Bertz CT molecular complexity index is 2540. The molecule has 0 radical (unpaired) electrons. The van der Waals surface area contributed by atoms with E-state index < -0.39 is 0 Å². The third-order valence-corrected chi connectivity index (χ3v) is 8.51. The summed E-state index contributed by atoms with van der Waals surface area (Å²) in [5.41, 5.74) is 6.95. The minimum Gasteiger partial charge on any atom is -0.456 e. The topological polar surface area (TPSA) is 51.8 Å². The summed E-state index contributed by atoms with van der Waals surface area (Å²) in [6.45, 7) is 0. The van der Waals surface area contributed by atoms with Crippen molar-refractivity contribution in [3.8, 4) is 45.3 Å². The van der Waals surface area contributed by atoms with E-state index in [9.17, 15) is 0 Å². The molecule has 0 amide bonds. The molecule has 210 valence electrons. The van der Waals surface area contributed by atoms with Gasteiger partial charge in [0.15, 0.2) is 17.5 Å². The number of fused-ring (bicyclic) bond motifs is 5. The van der Waals surface area contributed by atoms with Gasteiger partial charge in [-0.2, -0.15) is 0 Å². The minimum atomic E-state index is 0.627. The van der Waals surface area contributed by atoms with Gasteiger partial charge in [-0.05, 0) is 63.0 Å². The summed E-state index contributed by atoms with van der Waals surface area (Å²) in [7, 11) is 0. The fourth-order valence-corrected chi connectivity index (χ4v) is 6.31. The second-order valence-electron chi connectivity index (χ2n) is 11.3. The van der Waals surface area contributed by atoms with Crippen LogP contribution in [0.3, 0.4) is 0 Å². The van der Waals surface area contributed by atoms with Crippen molar-refractivity contribution in [2.75, 3.05) is 0 Å². The van der Waals surface area contributed by atoms with Crippen molar-refractivity contribution < 1.29 is 4.42 Å². The minimum absolute atomic E-state index is 0.627. The maximum absolute atomic E-state index is 6.20. The Hall–Kier alpha value is -6.13. The Labute approximate surface area is 259 Å². The first-order valence-electron chi connectivity index (χ1n) is 15.0. The number of rotatable bonds is 4. The standard InChI is InChI=1S/C41H25N3O/c1-3-11-26(12-4-1)31-21-22-35(33-16-8-7-15-32(31)33)41-43-39(27-13-5-2-6-14-27)42-40(44-41)29-20-19-28-24-36-34-17-9-10-18-37(34)45-38(36)25-30(28)23-29/h1-25H. The smallest absolute Gasteiger partial charge is 0.164 e. The number of nitrogens with zero attached hydrogens (tertiary/aromatic N) is 3. The van der Waals surface area contributed by atoms with Gasteiger partial charge < -0.3 is 4.42 Å². The normalized spacial score (nSPS) is 11.6. The fourth-order valence-electron chi connectivity index (χ4n) is 6.31. The summed E-state index contributed by atoms with van der Waals surface area (Å²) in [5.74, 6) is 1.91. The first-order valence-corrected chi connectivity index (χ1v) is 15.0. The lowest BCUT2D eigenvalue weighted by Gasteiger charge is -2.13. The van der Waals surface area contributed by atoms with Gasteiger partial charge >= 0.3 is 0 Å². The van der Waals surface area contributed by atoms with E-state index in [2.05, 4.69) is 97.1 Å². The second kappa shape index (κ2) is 10.2. The van der Waals surface area contributed by atoms with Crippen LogP contribution in [0.5, 0.6) is 0 Å². The predicted octanol–water partition coefficient (Wildman–Crippen LogP) is 10.7. The number of para-hydroxylation sites is 1. The second-order valence-corrected chi connectivity index (χ2v) is 11.3. The van der Waals surface area contributed by atoms with Gasteiger partial charge in [0.05, 0.1) is 0 Å². The van der Waals surface area contributed by atoms with E-state index in [1.54, 1.807) is 0 Å². The van der Waals surface area contributed by atoms with Crippen LogP contribution in [-0.4, -0.2) is 15.0 Å². The predicted molar refractivity (Wildman–Crippen MR) is 184 cm³/mol. The number of aromatic nitrogens is 3. The molecule has 45 heavy (non-hydrogen) atoms. The van der Waals surface area contributed by atoms with Crippen molar-refractivity contribution in [2.45, 2.75) is 0 Å². The summed E-state index contributed by atoms with van der Waals surface area (Å²) in [6, 6.07) is 52.3. The Morgan fingerprint density at radius 3 is 1.71 bits per heavy atom. The summed E-state index contributed by atoms with van der Waals surface area (Å²) in [4.78, 5) is 15.2. The molecule has 0 bridgehead atoms. The average molecular weight is 576 g/mol. The molecule has 7 aromatic carbocycles. The Balaban J connectivity index is 1.24. The van der Waals surface area contributed by atoms with E-state index in [0.717, 1.165) is 60.2 Å². The van der Waals surface area contributed by atoms with Gasteiger partial charge in [-0.3, -0.25) is 0 Å². The Kier molecular flexibility index (Phi) is 5.78. The number of benzene rings is 7. The van der Waals surface area contributed by atoms with E-state index in [4.69, 9.17) is 19.4 Å². The fraction of sp³-hybridized carbons (Fsp3) is 0. The van der Waals surface area contributed by atoms with Gasteiger partial charge in [-0.1, -0.05) is 121 Å². The maximum atomic E-state index is 6.20. The lowest BCUT2D eigenvalue weighted by atomic mass is 9.94. The van der Waals surface area contributed by atoms with Crippen LogP contribution in [0, 0.1) is 0 Å². The van der Waals surface area contributed by atoms with E-state index in [1.165, 1.54) is 11.1 Å². The highest BCUT2D eigenvalue weighted by Gasteiger charge is 2.17. The molecule has 2 heterocycles. The van der Waals surface area contributed by atoms with Crippen LogP contribution in [0.2, 0.25) is 0 Å². The molecule has 0 saturated carbocycles. The lowest BCUT2D eigenvalue weighted by molar-refractivity contribution is 0.669. The lowest BCUT2D eigenvalue weighted by Crippen LogP contribution is -2.00. The summed E-state index contributed by atoms with van der Waals surface area (Å²) < 4.78 is 6.20. The molecule has 0 aliphatic heterocycles. The zero-order valence-electron chi connectivity index (χ0n) is 24.2. The third kappa shape index (κ3) is 4.35. The van der Waals surface area contributed by atoms with Crippen LogP contribution in [0.4, 0.5) is 0 Å².